The van der Waals surface area contributed by atoms with Gasteiger partial charge in [-0.15, -0.1) is 0 Å². The predicted molar refractivity (Wildman–Crippen MR) is 86.5 cm³/mol. The van der Waals surface area contributed by atoms with E-state index in [0.29, 0.717) is 11.1 Å². The Morgan fingerprint density at radius 1 is 0.826 bits per heavy atom. The summed E-state index contributed by atoms with van der Waals surface area (Å²) in [6, 6.07) is 18.7. The summed E-state index contributed by atoms with van der Waals surface area (Å²) in [5, 5.41) is 1.51. The van der Waals surface area contributed by atoms with Crippen molar-refractivity contribution in [3.63, 3.8) is 0 Å². The second-order valence-corrected chi connectivity index (χ2v) is 6.16. The lowest BCUT2D eigenvalue weighted by molar-refractivity contribution is 0.103. The third-order valence-electron chi connectivity index (χ3n) is 3.33. The van der Waals surface area contributed by atoms with Crippen LogP contribution in [0.3, 0.4) is 0 Å². The van der Waals surface area contributed by atoms with Crippen LogP contribution in [0.5, 0.6) is 5.75 Å². The summed E-state index contributed by atoms with van der Waals surface area (Å²) in [5.41, 5.74) is 1.15. The summed E-state index contributed by atoms with van der Waals surface area (Å²) in [7, 11) is -4.58. The van der Waals surface area contributed by atoms with Crippen molar-refractivity contribution in [1.29, 1.82) is 0 Å². The second kappa shape index (κ2) is 5.97. The summed E-state index contributed by atoms with van der Waals surface area (Å²) in [5.74, 6) is -0.00369. The average molecular weight is 328 g/mol. The smallest absolute Gasteiger partial charge is 0.404 e. The molecule has 0 amide bonds. The van der Waals surface area contributed by atoms with Crippen LogP contribution in [-0.2, 0) is 4.57 Å². The van der Waals surface area contributed by atoms with E-state index in [1.165, 1.54) is 12.1 Å². The molecule has 116 valence electrons. The normalized spacial score (nSPS) is 11.4. The largest absolute Gasteiger partial charge is 0.524 e. The van der Waals surface area contributed by atoms with E-state index >= 15 is 0 Å². The molecule has 0 bridgehead atoms. The fourth-order valence-electron chi connectivity index (χ4n) is 2.32. The molecule has 3 aromatic carbocycles. The number of carbonyl (C=O) groups is 1. The number of benzene rings is 3. The Morgan fingerprint density at radius 2 is 1.48 bits per heavy atom. The molecule has 5 nitrogen and oxygen atoms in total. The van der Waals surface area contributed by atoms with Gasteiger partial charge in [0, 0.05) is 11.1 Å². The van der Waals surface area contributed by atoms with Gasteiger partial charge < -0.3 is 4.52 Å². The molecule has 0 fully saturated rings. The third kappa shape index (κ3) is 3.66. The van der Waals surface area contributed by atoms with E-state index in [9.17, 15) is 9.36 Å². The summed E-state index contributed by atoms with van der Waals surface area (Å²) < 4.78 is 15.4. The lowest BCUT2D eigenvalue weighted by atomic mass is 10.00. The molecule has 0 spiro atoms. The Balaban J connectivity index is 1.95. The van der Waals surface area contributed by atoms with Gasteiger partial charge in [0.25, 0.3) is 0 Å². The van der Waals surface area contributed by atoms with Gasteiger partial charge in [-0.3, -0.25) is 14.6 Å². The van der Waals surface area contributed by atoms with Crippen molar-refractivity contribution >= 4 is 24.4 Å². The van der Waals surface area contributed by atoms with Crippen LogP contribution in [0.1, 0.15) is 15.9 Å². The van der Waals surface area contributed by atoms with Gasteiger partial charge in [0.15, 0.2) is 5.78 Å². The molecular formula is C17H13O5P. The minimum absolute atomic E-state index is 0.0768. The van der Waals surface area contributed by atoms with Gasteiger partial charge in [-0.25, -0.2) is 4.57 Å². The second-order valence-electron chi connectivity index (χ2n) is 5.00. The zero-order chi connectivity index (χ0) is 16.4. The number of ketones is 1. The molecule has 3 rings (SSSR count). The molecule has 0 saturated heterocycles. The molecule has 3 aromatic rings. The van der Waals surface area contributed by atoms with Crippen LogP contribution in [-0.4, -0.2) is 15.6 Å². The van der Waals surface area contributed by atoms with Crippen molar-refractivity contribution < 1.29 is 23.7 Å². The Kier molecular flexibility index (Phi) is 4.01. The highest BCUT2D eigenvalue weighted by atomic mass is 31.2. The van der Waals surface area contributed by atoms with Crippen molar-refractivity contribution in [3.05, 3.63) is 77.9 Å². The monoisotopic (exact) mass is 328 g/mol. The molecule has 2 N–H and O–H groups in total. The maximum Gasteiger partial charge on any atom is 0.524 e. The lowest BCUT2D eigenvalue weighted by Crippen LogP contribution is -2.00. The van der Waals surface area contributed by atoms with Gasteiger partial charge in [-0.05, 0) is 29.0 Å². The molecular weight excluding hydrogens is 315 g/mol. The van der Waals surface area contributed by atoms with Crippen molar-refractivity contribution in [3.8, 4) is 5.75 Å². The van der Waals surface area contributed by atoms with Gasteiger partial charge >= 0.3 is 7.82 Å². The van der Waals surface area contributed by atoms with Crippen molar-refractivity contribution in [2.75, 3.05) is 0 Å². The van der Waals surface area contributed by atoms with Crippen molar-refractivity contribution in [1.82, 2.24) is 0 Å². The minimum Gasteiger partial charge on any atom is -0.404 e. The summed E-state index contributed by atoms with van der Waals surface area (Å²) >= 11 is 0. The fraction of sp³-hybridized carbons (Fsp3) is 0. The van der Waals surface area contributed by atoms with Gasteiger partial charge in [-0.2, -0.15) is 0 Å². The van der Waals surface area contributed by atoms with Crippen LogP contribution < -0.4 is 4.52 Å². The first-order chi connectivity index (χ1) is 10.9. The number of fused-ring (bicyclic) bond motifs is 1. The van der Waals surface area contributed by atoms with E-state index in [-0.39, 0.29) is 11.5 Å². The van der Waals surface area contributed by atoms with Crippen LogP contribution in [0.25, 0.3) is 10.8 Å². The standard InChI is InChI=1S/C17H13O5P/c18-17(12-4-2-1-3-5-12)15-7-6-14-11-16(22-23(19,20)21)9-8-13(14)10-15/h1-11H,(H2,19,20,21). The van der Waals surface area contributed by atoms with Crippen LogP contribution in [0.4, 0.5) is 0 Å². The summed E-state index contributed by atoms with van der Waals surface area (Å²) in [6.45, 7) is 0. The van der Waals surface area contributed by atoms with Crippen molar-refractivity contribution in [2.45, 2.75) is 0 Å². The molecule has 0 aromatic heterocycles. The zero-order valence-corrected chi connectivity index (χ0v) is 12.8. The van der Waals surface area contributed by atoms with Crippen LogP contribution in [0.15, 0.2) is 66.7 Å². The lowest BCUT2D eigenvalue weighted by Gasteiger charge is -2.08. The Morgan fingerprint density at radius 3 is 2.17 bits per heavy atom. The summed E-state index contributed by atoms with van der Waals surface area (Å²) in [6.07, 6.45) is 0. The number of rotatable bonds is 4. The SMILES string of the molecule is O=C(c1ccccc1)c1ccc2cc(OP(=O)(O)O)ccc2c1. The van der Waals surface area contributed by atoms with E-state index in [0.717, 1.165) is 10.8 Å². The Hall–Kier alpha value is -2.46. The van der Waals surface area contributed by atoms with Gasteiger partial charge in [0.1, 0.15) is 5.75 Å². The zero-order valence-electron chi connectivity index (χ0n) is 11.9. The maximum absolute atomic E-state index is 12.4. The quantitative estimate of drug-likeness (QED) is 0.565. The number of carbonyl (C=O) groups excluding carboxylic acids is 1. The predicted octanol–water partition coefficient (Wildman–Crippen LogP) is 3.54. The molecule has 0 radical (unpaired) electrons. The van der Waals surface area contributed by atoms with E-state index in [2.05, 4.69) is 4.52 Å². The molecule has 0 atom stereocenters. The molecule has 6 heteroatoms. The van der Waals surface area contributed by atoms with Crippen LogP contribution in [0, 0.1) is 0 Å². The average Bonchev–Trinajstić information content (AvgIpc) is 2.53. The Labute approximate surface area is 132 Å². The van der Waals surface area contributed by atoms with Gasteiger partial charge in [-0.1, -0.05) is 48.5 Å². The molecule has 0 unspecified atom stereocenters. The molecule has 0 aliphatic rings. The minimum atomic E-state index is -4.58. The number of hydrogen-bond acceptors (Lipinski definition) is 3. The van der Waals surface area contributed by atoms with Crippen molar-refractivity contribution in [2.24, 2.45) is 0 Å². The molecule has 23 heavy (non-hydrogen) atoms. The van der Waals surface area contributed by atoms with E-state index < -0.39 is 7.82 Å². The summed E-state index contributed by atoms with van der Waals surface area (Å²) in [4.78, 5) is 30.1. The number of phosphoric acid groups is 1. The first-order valence-electron chi connectivity index (χ1n) is 6.81. The highest BCUT2D eigenvalue weighted by Gasteiger charge is 2.16. The highest BCUT2D eigenvalue weighted by molar-refractivity contribution is 7.46. The maximum atomic E-state index is 12.4. The molecule has 0 saturated carbocycles. The molecule has 0 aliphatic heterocycles. The first kappa shape index (κ1) is 15.4. The van der Waals surface area contributed by atoms with E-state index in [1.807, 2.05) is 6.07 Å². The topological polar surface area (TPSA) is 83.8 Å². The molecule has 0 heterocycles. The van der Waals surface area contributed by atoms with E-state index in [4.69, 9.17) is 9.79 Å². The Bertz CT molecular complexity index is 915. The fourth-order valence-corrected chi connectivity index (χ4v) is 2.70. The highest BCUT2D eigenvalue weighted by Crippen LogP contribution is 2.38. The van der Waals surface area contributed by atoms with Crippen LogP contribution >= 0.6 is 7.82 Å². The van der Waals surface area contributed by atoms with E-state index in [1.54, 1.807) is 48.5 Å². The molecule has 0 aliphatic carbocycles. The third-order valence-corrected chi connectivity index (χ3v) is 3.78. The van der Waals surface area contributed by atoms with Crippen LogP contribution in [0.2, 0.25) is 0 Å². The first-order valence-corrected chi connectivity index (χ1v) is 8.34. The number of hydrogen-bond donors (Lipinski definition) is 2. The number of phosphoric ester groups is 1. The van der Waals surface area contributed by atoms with Gasteiger partial charge in [0.05, 0.1) is 0 Å². The van der Waals surface area contributed by atoms with Gasteiger partial charge in [0.2, 0.25) is 0 Å².